The van der Waals surface area contributed by atoms with E-state index < -0.39 is 0 Å². The average Bonchev–Trinajstić information content (AvgIpc) is 2.11. The number of nitrogens with two attached hydrogens (primary N) is 1. The molecule has 13 heavy (non-hydrogen) atoms. The molecule has 1 atom stereocenters. The van der Waals surface area contributed by atoms with Crippen molar-refractivity contribution in [2.24, 2.45) is 5.73 Å². The SMILES string of the molecule is CN[C@H](CN)c1c(F)cccc1Cl. The molecule has 2 nitrogen and oxygen atoms in total. The minimum absolute atomic E-state index is 0.228. The van der Waals surface area contributed by atoms with Crippen LogP contribution < -0.4 is 11.1 Å². The highest BCUT2D eigenvalue weighted by Gasteiger charge is 2.15. The van der Waals surface area contributed by atoms with E-state index in [0.717, 1.165) is 0 Å². The van der Waals surface area contributed by atoms with Crippen molar-refractivity contribution in [3.63, 3.8) is 0 Å². The van der Waals surface area contributed by atoms with Crippen molar-refractivity contribution in [1.29, 1.82) is 0 Å². The lowest BCUT2D eigenvalue weighted by Crippen LogP contribution is -2.26. The zero-order chi connectivity index (χ0) is 9.84. The largest absolute Gasteiger partial charge is 0.329 e. The molecule has 0 spiro atoms. The van der Waals surface area contributed by atoms with Crippen LogP contribution in [0.15, 0.2) is 18.2 Å². The Labute approximate surface area is 81.9 Å². The van der Waals surface area contributed by atoms with Crippen molar-refractivity contribution in [3.05, 3.63) is 34.6 Å². The second-order valence-electron chi connectivity index (χ2n) is 2.71. The lowest BCUT2D eigenvalue weighted by molar-refractivity contribution is 0.542. The van der Waals surface area contributed by atoms with Gasteiger partial charge in [-0.15, -0.1) is 0 Å². The zero-order valence-electron chi connectivity index (χ0n) is 7.35. The molecular formula is C9H12ClFN2. The summed E-state index contributed by atoms with van der Waals surface area (Å²) in [6.45, 7) is 0.317. The smallest absolute Gasteiger partial charge is 0.129 e. The summed E-state index contributed by atoms with van der Waals surface area (Å²) in [5.41, 5.74) is 5.90. The molecular weight excluding hydrogens is 191 g/mol. The monoisotopic (exact) mass is 202 g/mol. The summed E-state index contributed by atoms with van der Waals surface area (Å²) in [6, 6.07) is 4.37. The van der Waals surface area contributed by atoms with Gasteiger partial charge in [0.1, 0.15) is 5.82 Å². The summed E-state index contributed by atoms with van der Waals surface area (Å²) in [5, 5.41) is 3.31. The number of halogens is 2. The zero-order valence-corrected chi connectivity index (χ0v) is 8.11. The van der Waals surface area contributed by atoms with E-state index >= 15 is 0 Å². The number of hydrogen-bond acceptors (Lipinski definition) is 2. The molecule has 0 unspecified atom stereocenters. The van der Waals surface area contributed by atoms with Gasteiger partial charge in [0.25, 0.3) is 0 Å². The van der Waals surface area contributed by atoms with Crippen LogP contribution in [0.1, 0.15) is 11.6 Å². The Kier molecular flexibility index (Phi) is 3.66. The third-order valence-corrected chi connectivity index (χ3v) is 2.26. The molecule has 0 aliphatic rings. The number of nitrogens with one attached hydrogen (secondary N) is 1. The van der Waals surface area contributed by atoms with Crippen molar-refractivity contribution in [2.45, 2.75) is 6.04 Å². The molecule has 0 amide bonds. The second kappa shape index (κ2) is 4.56. The highest BCUT2D eigenvalue weighted by Crippen LogP contribution is 2.24. The van der Waals surface area contributed by atoms with Gasteiger partial charge in [0.2, 0.25) is 0 Å². The fourth-order valence-electron chi connectivity index (χ4n) is 1.22. The van der Waals surface area contributed by atoms with Crippen molar-refractivity contribution in [2.75, 3.05) is 13.6 Å². The molecule has 3 N–H and O–H groups in total. The van der Waals surface area contributed by atoms with Crippen molar-refractivity contribution in [3.8, 4) is 0 Å². The summed E-state index contributed by atoms with van der Waals surface area (Å²) in [5.74, 6) is -0.322. The quantitative estimate of drug-likeness (QED) is 0.783. The first-order chi connectivity index (χ1) is 6.20. The Morgan fingerprint density at radius 3 is 2.77 bits per heavy atom. The molecule has 1 aromatic rings. The Morgan fingerprint density at radius 1 is 1.62 bits per heavy atom. The first-order valence-corrected chi connectivity index (χ1v) is 4.39. The van der Waals surface area contributed by atoms with Crippen molar-refractivity contribution in [1.82, 2.24) is 5.32 Å². The molecule has 0 aliphatic heterocycles. The summed E-state index contributed by atoms with van der Waals surface area (Å²) >= 11 is 5.85. The van der Waals surface area contributed by atoms with E-state index in [1.54, 1.807) is 19.2 Å². The molecule has 0 fully saturated rings. The molecule has 4 heteroatoms. The number of benzene rings is 1. The van der Waals surface area contributed by atoms with Crippen LogP contribution in [0.5, 0.6) is 0 Å². The van der Waals surface area contributed by atoms with Gasteiger partial charge in [-0.2, -0.15) is 0 Å². The van der Waals surface area contributed by atoms with Gasteiger partial charge in [-0.05, 0) is 19.2 Å². The van der Waals surface area contributed by atoms with Crippen LogP contribution in [0.3, 0.4) is 0 Å². The average molecular weight is 203 g/mol. The topological polar surface area (TPSA) is 38.0 Å². The third kappa shape index (κ3) is 2.18. The lowest BCUT2D eigenvalue weighted by atomic mass is 10.1. The van der Waals surface area contributed by atoms with Gasteiger partial charge >= 0.3 is 0 Å². The summed E-state index contributed by atoms with van der Waals surface area (Å²) in [4.78, 5) is 0. The standard InChI is InChI=1S/C9H12ClFN2/c1-13-8(5-12)9-6(10)3-2-4-7(9)11/h2-4,8,13H,5,12H2,1H3/t8-/m1/s1. The van der Waals surface area contributed by atoms with E-state index in [1.807, 2.05) is 0 Å². The number of rotatable bonds is 3. The van der Waals surface area contributed by atoms with Crippen LogP contribution in [0.4, 0.5) is 4.39 Å². The number of hydrogen-bond donors (Lipinski definition) is 2. The third-order valence-electron chi connectivity index (χ3n) is 1.93. The van der Waals surface area contributed by atoms with Crippen LogP contribution in [0.2, 0.25) is 5.02 Å². The molecule has 0 heterocycles. The van der Waals surface area contributed by atoms with Crippen molar-refractivity contribution < 1.29 is 4.39 Å². The summed E-state index contributed by atoms with van der Waals surface area (Å²) in [7, 11) is 1.72. The van der Waals surface area contributed by atoms with Crippen LogP contribution in [0, 0.1) is 5.82 Å². The Hall–Kier alpha value is -0.640. The minimum Gasteiger partial charge on any atom is -0.329 e. The molecule has 0 saturated heterocycles. The van der Waals surface area contributed by atoms with E-state index in [1.165, 1.54) is 6.07 Å². The summed E-state index contributed by atoms with van der Waals surface area (Å²) in [6.07, 6.45) is 0. The first-order valence-electron chi connectivity index (χ1n) is 4.02. The second-order valence-corrected chi connectivity index (χ2v) is 3.12. The predicted octanol–water partition coefficient (Wildman–Crippen LogP) is 1.70. The highest BCUT2D eigenvalue weighted by molar-refractivity contribution is 6.31. The normalized spacial score (nSPS) is 12.9. The Balaban J connectivity index is 3.10. The van der Waals surface area contributed by atoms with Gasteiger partial charge < -0.3 is 11.1 Å². The van der Waals surface area contributed by atoms with E-state index in [9.17, 15) is 4.39 Å². The summed E-state index contributed by atoms with van der Waals surface area (Å²) < 4.78 is 13.3. The highest BCUT2D eigenvalue weighted by atomic mass is 35.5. The molecule has 0 saturated carbocycles. The van der Waals surface area contributed by atoms with E-state index in [-0.39, 0.29) is 11.9 Å². The van der Waals surface area contributed by atoms with Crippen LogP contribution >= 0.6 is 11.6 Å². The van der Waals surface area contributed by atoms with Gasteiger partial charge in [-0.3, -0.25) is 0 Å². The minimum atomic E-state index is -0.322. The van der Waals surface area contributed by atoms with Gasteiger partial charge in [0.05, 0.1) is 0 Å². The van der Waals surface area contributed by atoms with Gasteiger partial charge in [0.15, 0.2) is 0 Å². The first kappa shape index (κ1) is 10.4. The van der Waals surface area contributed by atoms with E-state index in [4.69, 9.17) is 17.3 Å². The maximum Gasteiger partial charge on any atom is 0.129 e. The molecule has 1 rings (SSSR count). The van der Waals surface area contributed by atoms with Gasteiger partial charge in [0, 0.05) is 23.2 Å². The van der Waals surface area contributed by atoms with Crippen LogP contribution in [-0.2, 0) is 0 Å². The van der Waals surface area contributed by atoms with Crippen LogP contribution in [-0.4, -0.2) is 13.6 Å². The van der Waals surface area contributed by atoms with Gasteiger partial charge in [-0.25, -0.2) is 4.39 Å². The molecule has 0 aromatic heterocycles. The fourth-order valence-corrected chi connectivity index (χ4v) is 1.52. The van der Waals surface area contributed by atoms with Crippen LogP contribution in [0.25, 0.3) is 0 Å². The lowest BCUT2D eigenvalue weighted by Gasteiger charge is -2.16. The maximum absolute atomic E-state index is 13.3. The number of likely N-dealkylation sites (N-methyl/N-ethyl adjacent to an activating group) is 1. The van der Waals surface area contributed by atoms with E-state index in [0.29, 0.717) is 17.1 Å². The molecule has 1 aromatic carbocycles. The maximum atomic E-state index is 13.3. The van der Waals surface area contributed by atoms with E-state index in [2.05, 4.69) is 5.32 Å². The fraction of sp³-hybridized carbons (Fsp3) is 0.333. The Bertz CT molecular complexity index is 267. The predicted molar refractivity (Wildman–Crippen MR) is 52.3 cm³/mol. The van der Waals surface area contributed by atoms with Crippen molar-refractivity contribution >= 4 is 11.6 Å². The molecule has 0 radical (unpaired) electrons. The molecule has 72 valence electrons. The van der Waals surface area contributed by atoms with Gasteiger partial charge in [-0.1, -0.05) is 17.7 Å². The molecule has 0 bridgehead atoms. The Morgan fingerprint density at radius 2 is 2.31 bits per heavy atom. The molecule has 0 aliphatic carbocycles.